The highest BCUT2D eigenvalue weighted by Crippen LogP contribution is 2.37. The second kappa shape index (κ2) is 4.40. The lowest BCUT2D eigenvalue weighted by molar-refractivity contribution is 0.0494. The molecule has 2 fully saturated rings. The van der Waals surface area contributed by atoms with Crippen LogP contribution < -0.4 is 5.73 Å². The van der Waals surface area contributed by atoms with Gasteiger partial charge in [0.05, 0.1) is 5.60 Å². The quantitative estimate of drug-likeness (QED) is 0.725. The Kier molecular flexibility index (Phi) is 3.33. The first-order valence-electron chi connectivity index (χ1n) is 6.25. The van der Waals surface area contributed by atoms with Crippen LogP contribution in [0.5, 0.6) is 0 Å². The zero-order valence-electron chi connectivity index (χ0n) is 9.78. The smallest absolute Gasteiger partial charge is 0.0753 e. The maximum atomic E-state index is 9.83. The first kappa shape index (κ1) is 11.4. The first-order chi connectivity index (χ1) is 7.11. The van der Waals surface area contributed by atoms with Crippen molar-refractivity contribution in [3.63, 3.8) is 0 Å². The van der Waals surface area contributed by atoms with E-state index in [9.17, 15) is 5.11 Å². The summed E-state index contributed by atoms with van der Waals surface area (Å²) in [5.41, 5.74) is 4.85. The predicted molar refractivity (Wildman–Crippen MR) is 61.6 cm³/mol. The number of aliphatic hydroxyl groups is 1. The van der Waals surface area contributed by atoms with E-state index in [1.54, 1.807) is 0 Å². The largest absolute Gasteiger partial charge is 0.389 e. The molecule has 0 amide bonds. The fourth-order valence-electron chi connectivity index (χ4n) is 3.02. The van der Waals surface area contributed by atoms with Crippen LogP contribution in [0.1, 0.15) is 32.6 Å². The summed E-state index contributed by atoms with van der Waals surface area (Å²) in [5, 5.41) is 9.83. The van der Waals surface area contributed by atoms with Crippen LogP contribution in [0.4, 0.5) is 0 Å². The van der Waals surface area contributed by atoms with E-state index in [0.717, 1.165) is 24.8 Å². The van der Waals surface area contributed by atoms with Crippen molar-refractivity contribution in [1.29, 1.82) is 0 Å². The van der Waals surface area contributed by atoms with Crippen LogP contribution in [0.3, 0.4) is 0 Å². The van der Waals surface area contributed by atoms with Crippen LogP contribution in [0.15, 0.2) is 0 Å². The Balaban J connectivity index is 1.73. The predicted octanol–water partition coefficient (Wildman–Crippen LogP) is 0.818. The number of fused-ring (bicyclic) bond motifs is 1. The lowest BCUT2D eigenvalue weighted by atomic mass is 10.0. The molecule has 1 heterocycles. The number of nitrogens with two attached hydrogens (primary N) is 1. The van der Waals surface area contributed by atoms with Crippen molar-refractivity contribution >= 4 is 0 Å². The molecule has 0 aromatic heterocycles. The molecule has 2 rings (SSSR count). The van der Waals surface area contributed by atoms with Crippen molar-refractivity contribution in [3.8, 4) is 0 Å². The van der Waals surface area contributed by atoms with Gasteiger partial charge in [-0.3, -0.25) is 0 Å². The highest BCUT2D eigenvalue weighted by Gasteiger charge is 2.36. The summed E-state index contributed by atoms with van der Waals surface area (Å²) in [7, 11) is 0. The SMILES string of the molecule is CC(O)(CN)CCN1CC2CCCC2C1. The van der Waals surface area contributed by atoms with Gasteiger partial charge in [0.25, 0.3) is 0 Å². The van der Waals surface area contributed by atoms with Gasteiger partial charge in [-0.2, -0.15) is 0 Å². The van der Waals surface area contributed by atoms with Crippen LogP contribution in [-0.2, 0) is 0 Å². The zero-order chi connectivity index (χ0) is 10.9. The number of likely N-dealkylation sites (tertiary alicyclic amines) is 1. The Bertz CT molecular complexity index is 206. The van der Waals surface area contributed by atoms with Crippen molar-refractivity contribution in [2.24, 2.45) is 17.6 Å². The molecule has 3 nitrogen and oxygen atoms in total. The zero-order valence-corrected chi connectivity index (χ0v) is 9.78. The van der Waals surface area contributed by atoms with E-state index in [0.29, 0.717) is 6.54 Å². The Morgan fingerprint density at radius 2 is 1.93 bits per heavy atom. The molecule has 88 valence electrons. The van der Waals surface area contributed by atoms with E-state index in [4.69, 9.17) is 5.73 Å². The summed E-state index contributed by atoms with van der Waals surface area (Å²) in [6, 6.07) is 0. The van der Waals surface area contributed by atoms with Gasteiger partial charge in [0.1, 0.15) is 0 Å². The summed E-state index contributed by atoms with van der Waals surface area (Å²) < 4.78 is 0. The second-order valence-corrected chi connectivity index (χ2v) is 5.66. The van der Waals surface area contributed by atoms with Gasteiger partial charge in [0.15, 0.2) is 0 Å². The normalized spacial score (nSPS) is 35.4. The fourth-order valence-corrected chi connectivity index (χ4v) is 3.02. The van der Waals surface area contributed by atoms with Crippen molar-refractivity contribution < 1.29 is 5.11 Å². The molecule has 1 aliphatic carbocycles. The molecule has 3 N–H and O–H groups in total. The van der Waals surface area contributed by atoms with Gasteiger partial charge in [0.2, 0.25) is 0 Å². The third-order valence-electron chi connectivity index (χ3n) is 4.21. The van der Waals surface area contributed by atoms with Crippen LogP contribution >= 0.6 is 0 Å². The standard InChI is InChI=1S/C12H24N2O/c1-12(15,9-13)5-6-14-7-10-3-2-4-11(10)8-14/h10-11,15H,2-9,13H2,1H3. The van der Waals surface area contributed by atoms with E-state index in [1.807, 2.05) is 6.92 Å². The van der Waals surface area contributed by atoms with E-state index in [2.05, 4.69) is 4.90 Å². The molecule has 1 saturated carbocycles. The Morgan fingerprint density at radius 3 is 2.47 bits per heavy atom. The van der Waals surface area contributed by atoms with E-state index in [1.165, 1.54) is 32.4 Å². The minimum Gasteiger partial charge on any atom is -0.389 e. The van der Waals surface area contributed by atoms with Gasteiger partial charge in [-0.1, -0.05) is 6.42 Å². The molecule has 0 radical (unpaired) electrons. The Morgan fingerprint density at radius 1 is 1.33 bits per heavy atom. The molecule has 0 aromatic carbocycles. The molecule has 1 saturated heterocycles. The number of rotatable bonds is 4. The third-order valence-corrected chi connectivity index (χ3v) is 4.21. The number of nitrogens with zero attached hydrogens (tertiary/aromatic N) is 1. The summed E-state index contributed by atoms with van der Waals surface area (Å²) in [5.74, 6) is 1.90. The molecule has 3 unspecified atom stereocenters. The van der Waals surface area contributed by atoms with Crippen LogP contribution in [0, 0.1) is 11.8 Å². The van der Waals surface area contributed by atoms with Crippen molar-refractivity contribution in [1.82, 2.24) is 4.90 Å². The minimum atomic E-state index is -0.669. The molecule has 3 atom stereocenters. The van der Waals surface area contributed by atoms with E-state index in [-0.39, 0.29) is 0 Å². The van der Waals surface area contributed by atoms with Gasteiger partial charge in [-0.25, -0.2) is 0 Å². The van der Waals surface area contributed by atoms with Gasteiger partial charge >= 0.3 is 0 Å². The molecule has 0 aromatic rings. The molecule has 3 heteroatoms. The molecular weight excluding hydrogens is 188 g/mol. The van der Waals surface area contributed by atoms with Gasteiger partial charge < -0.3 is 15.7 Å². The highest BCUT2D eigenvalue weighted by atomic mass is 16.3. The average Bonchev–Trinajstić information content (AvgIpc) is 2.74. The molecular formula is C12H24N2O. The van der Waals surface area contributed by atoms with Crippen molar-refractivity contribution in [3.05, 3.63) is 0 Å². The van der Waals surface area contributed by atoms with E-state index < -0.39 is 5.60 Å². The van der Waals surface area contributed by atoms with Crippen LogP contribution in [-0.4, -0.2) is 41.8 Å². The Labute approximate surface area is 92.6 Å². The summed E-state index contributed by atoms with van der Waals surface area (Å²) in [6.07, 6.45) is 5.09. The van der Waals surface area contributed by atoms with Crippen LogP contribution in [0.2, 0.25) is 0 Å². The maximum absolute atomic E-state index is 9.83. The van der Waals surface area contributed by atoms with Gasteiger partial charge in [0, 0.05) is 26.2 Å². The summed E-state index contributed by atoms with van der Waals surface area (Å²) >= 11 is 0. The van der Waals surface area contributed by atoms with Crippen molar-refractivity contribution in [2.75, 3.05) is 26.2 Å². The Hall–Kier alpha value is -0.120. The van der Waals surface area contributed by atoms with E-state index >= 15 is 0 Å². The monoisotopic (exact) mass is 212 g/mol. The molecule has 15 heavy (non-hydrogen) atoms. The van der Waals surface area contributed by atoms with Gasteiger partial charge in [-0.15, -0.1) is 0 Å². The molecule has 0 bridgehead atoms. The van der Waals surface area contributed by atoms with Crippen LogP contribution in [0.25, 0.3) is 0 Å². The second-order valence-electron chi connectivity index (χ2n) is 5.66. The number of hydrogen-bond acceptors (Lipinski definition) is 3. The topological polar surface area (TPSA) is 49.5 Å². The third kappa shape index (κ3) is 2.71. The lowest BCUT2D eigenvalue weighted by Gasteiger charge is -2.25. The maximum Gasteiger partial charge on any atom is 0.0753 e. The molecule has 2 aliphatic rings. The highest BCUT2D eigenvalue weighted by molar-refractivity contribution is 4.89. The summed E-state index contributed by atoms with van der Waals surface area (Å²) in [6.45, 7) is 5.73. The van der Waals surface area contributed by atoms with Crippen molar-refractivity contribution in [2.45, 2.75) is 38.2 Å². The number of hydrogen-bond donors (Lipinski definition) is 2. The molecule has 0 spiro atoms. The lowest BCUT2D eigenvalue weighted by Crippen LogP contribution is -2.38. The molecule has 1 aliphatic heterocycles. The fraction of sp³-hybridized carbons (Fsp3) is 1.00. The van der Waals surface area contributed by atoms with Gasteiger partial charge in [-0.05, 0) is 38.0 Å². The average molecular weight is 212 g/mol. The summed E-state index contributed by atoms with van der Waals surface area (Å²) in [4.78, 5) is 2.51. The minimum absolute atomic E-state index is 0.369. The first-order valence-corrected chi connectivity index (χ1v) is 6.25.